The molecule has 3 heterocycles. The van der Waals surface area contributed by atoms with Crippen LogP contribution >= 0.6 is 0 Å². The van der Waals surface area contributed by atoms with Crippen molar-refractivity contribution in [1.29, 1.82) is 0 Å². The molecule has 18 heavy (non-hydrogen) atoms. The van der Waals surface area contributed by atoms with Gasteiger partial charge in [-0.15, -0.1) is 0 Å². The Labute approximate surface area is 106 Å². The van der Waals surface area contributed by atoms with Crippen molar-refractivity contribution < 1.29 is 8.42 Å². The summed E-state index contributed by atoms with van der Waals surface area (Å²) in [5.74, 6) is 0.809. The lowest BCUT2D eigenvalue weighted by molar-refractivity contribution is 0.540. The average Bonchev–Trinajstić information content (AvgIpc) is 2.70. The SMILES string of the molecule is Cc1cnc2nc(C3CCCCS3(=O)=O)[nH]c2c1. The number of imidazole rings is 1. The Bertz CT molecular complexity index is 690. The number of fused-ring (bicyclic) bond motifs is 1. The van der Waals surface area contributed by atoms with Gasteiger partial charge in [0.25, 0.3) is 0 Å². The van der Waals surface area contributed by atoms with Crippen molar-refractivity contribution in [3.8, 4) is 0 Å². The van der Waals surface area contributed by atoms with Gasteiger partial charge >= 0.3 is 0 Å². The molecule has 2 aromatic heterocycles. The minimum atomic E-state index is -3.06. The predicted molar refractivity (Wildman–Crippen MR) is 69.0 cm³/mol. The molecule has 0 aromatic carbocycles. The van der Waals surface area contributed by atoms with Crippen LogP contribution < -0.4 is 0 Å². The number of nitrogens with zero attached hydrogens (tertiary/aromatic N) is 2. The molecular formula is C12H15N3O2S. The third kappa shape index (κ3) is 1.90. The van der Waals surface area contributed by atoms with Gasteiger partial charge in [0.15, 0.2) is 15.5 Å². The van der Waals surface area contributed by atoms with Gasteiger partial charge in [-0.25, -0.2) is 18.4 Å². The first-order chi connectivity index (χ1) is 8.56. The highest BCUT2D eigenvalue weighted by atomic mass is 32.2. The maximum absolute atomic E-state index is 12.0. The van der Waals surface area contributed by atoms with Crippen LogP contribution in [0.25, 0.3) is 11.2 Å². The smallest absolute Gasteiger partial charge is 0.177 e. The molecule has 0 amide bonds. The number of aryl methyl sites for hydroxylation is 1. The van der Waals surface area contributed by atoms with E-state index >= 15 is 0 Å². The number of nitrogens with one attached hydrogen (secondary N) is 1. The number of sulfone groups is 1. The summed E-state index contributed by atoms with van der Waals surface area (Å²) in [4.78, 5) is 11.6. The summed E-state index contributed by atoms with van der Waals surface area (Å²) in [5, 5.41) is -0.485. The van der Waals surface area contributed by atoms with Crippen molar-refractivity contribution in [1.82, 2.24) is 15.0 Å². The second-order valence-corrected chi connectivity index (χ2v) is 7.16. The molecule has 3 rings (SSSR count). The summed E-state index contributed by atoms with van der Waals surface area (Å²) in [6.07, 6.45) is 4.09. The fourth-order valence-electron chi connectivity index (χ4n) is 2.44. The second-order valence-electron chi connectivity index (χ2n) is 4.86. The van der Waals surface area contributed by atoms with Gasteiger partial charge in [0.1, 0.15) is 11.1 Å². The fraction of sp³-hybridized carbons (Fsp3) is 0.500. The lowest BCUT2D eigenvalue weighted by atomic mass is 10.2. The molecule has 0 spiro atoms. The van der Waals surface area contributed by atoms with Crippen LogP contribution in [0.2, 0.25) is 0 Å². The van der Waals surface area contributed by atoms with Crippen molar-refractivity contribution in [3.05, 3.63) is 23.7 Å². The zero-order valence-corrected chi connectivity index (χ0v) is 11.0. The monoisotopic (exact) mass is 265 g/mol. The van der Waals surface area contributed by atoms with Crippen LogP contribution in [0, 0.1) is 6.92 Å². The van der Waals surface area contributed by atoms with Crippen molar-refractivity contribution in [3.63, 3.8) is 0 Å². The van der Waals surface area contributed by atoms with Gasteiger partial charge in [-0.1, -0.05) is 6.42 Å². The molecule has 1 saturated heterocycles. The van der Waals surface area contributed by atoms with E-state index in [-0.39, 0.29) is 5.75 Å². The standard InChI is InChI=1S/C12H15N3O2S/c1-8-6-9-11(13-7-8)15-12(14-9)10-4-2-3-5-18(10,16)17/h6-7,10H,2-5H2,1H3,(H,13,14,15). The van der Waals surface area contributed by atoms with Crippen LogP contribution in [0.15, 0.2) is 12.3 Å². The van der Waals surface area contributed by atoms with Gasteiger partial charge in [-0.05, 0) is 31.4 Å². The van der Waals surface area contributed by atoms with Crippen LogP contribution in [0.1, 0.15) is 35.9 Å². The Balaban J connectivity index is 2.08. The van der Waals surface area contributed by atoms with Gasteiger partial charge < -0.3 is 4.98 Å². The molecule has 1 aliphatic rings. The topological polar surface area (TPSA) is 75.7 Å². The normalized spacial score (nSPS) is 23.3. The van der Waals surface area contributed by atoms with Gasteiger partial charge in [-0.3, -0.25) is 0 Å². The van der Waals surface area contributed by atoms with E-state index in [4.69, 9.17) is 0 Å². The highest BCUT2D eigenvalue weighted by Gasteiger charge is 2.32. The van der Waals surface area contributed by atoms with Crippen LogP contribution in [-0.4, -0.2) is 29.1 Å². The van der Waals surface area contributed by atoms with Gasteiger partial charge in [-0.2, -0.15) is 0 Å². The van der Waals surface area contributed by atoms with Crippen molar-refractivity contribution in [2.45, 2.75) is 31.4 Å². The van der Waals surface area contributed by atoms with Crippen LogP contribution in [0.4, 0.5) is 0 Å². The summed E-state index contributed by atoms with van der Waals surface area (Å²) < 4.78 is 24.1. The van der Waals surface area contributed by atoms with Crippen LogP contribution in [0.3, 0.4) is 0 Å². The first kappa shape index (κ1) is 11.6. The Morgan fingerprint density at radius 1 is 1.39 bits per heavy atom. The van der Waals surface area contributed by atoms with Gasteiger partial charge in [0.2, 0.25) is 0 Å². The molecule has 6 heteroatoms. The zero-order chi connectivity index (χ0) is 12.8. The molecule has 1 fully saturated rings. The minimum absolute atomic E-state index is 0.265. The molecule has 96 valence electrons. The lowest BCUT2D eigenvalue weighted by Crippen LogP contribution is -2.22. The fourth-order valence-corrected chi connectivity index (χ4v) is 4.31. The Kier molecular flexibility index (Phi) is 2.62. The largest absolute Gasteiger partial charge is 0.339 e. The first-order valence-corrected chi connectivity index (χ1v) is 7.82. The number of hydrogen-bond donors (Lipinski definition) is 1. The molecule has 1 N–H and O–H groups in total. The zero-order valence-electron chi connectivity index (χ0n) is 10.2. The van der Waals surface area contributed by atoms with E-state index in [9.17, 15) is 8.42 Å². The minimum Gasteiger partial charge on any atom is -0.339 e. The number of aromatic amines is 1. The van der Waals surface area contributed by atoms with Crippen molar-refractivity contribution >= 4 is 21.0 Å². The highest BCUT2D eigenvalue weighted by molar-refractivity contribution is 7.91. The summed E-state index contributed by atoms with van der Waals surface area (Å²) in [6.45, 7) is 1.95. The summed E-state index contributed by atoms with van der Waals surface area (Å²) >= 11 is 0. The van der Waals surface area contributed by atoms with E-state index in [0.717, 1.165) is 23.9 Å². The molecular weight excluding hydrogens is 250 g/mol. The van der Waals surface area contributed by atoms with E-state index in [2.05, 4.69) is 15.0 Å². The van der Waals surface area contributed by atoms with Crippen molar-refractivity contribution in [2.24, 2.45) is 0 Å². The first-order valence-electron chi connectivity index (χ1n) is 6.10. The Hall–Kier alpha value is -1.43. The van der Waals surface area contributed by atoms with Crippen LogP contribution in [-0.2, 0) is 9.84 Å². The second kappa shape index (κ2) is 4.05. The molecule has 1 atom stereocenters. The number of rotatable bonds is 1. The molecule has 1 unspecified atom stereocenters. The van der Waals surface area contributed by atoms with E-state index in [1.807, 2.05) is 13.0 Å². The lowest BCUT2D eigenvalue weighted by Gasteiger charge is -2.19. The van der Waals surface area contributed by atoms with Gasteiger partial charge in [0.05, 0.1) is 11.3 Å². The third-order valence-corrected chi connectivity index (χ3v) is 5.56. The molecule has 0 radical (unpaired) electrons. The molecule has 0 aliphatic carbocycles. The molecule has 0 bridgehead atoms. The van der Waals surface area contributed by atoms with Gasteiger partial charge in [0, 0.05) is 6.20 Å². The van der Waals surface area contributed by atoms with E-state index in [1.165, 1.54) is 0 Å². The number of aromatic nitrogens is 3. The molecule has 1 aliphatic heterocycles. The van der Waals surface area contributed by atoms with E-state index in [0.29, 0.717) is 17.9 Å². The Morgan fingerprint density at radius 3 is 3.00 bits per heavy atom. The number of pyridine rings is 1. The molecule has 2 aromatic rings. The number of H-pyrrole nitrogens is 1. The summed E-state index contributed by atoms with van der Waals surface area (Å²) in [6, 6.07) is 1.94. The number of hydrogen-bond acceptors (Lipinski definition) is 4. The third-order valence-electron chi connectivity index (χ3n) is 3.38. The highest BCUT2D eigenvalue weighted by Crippen LogP contribution is 2.32. The van der Waals surface area contributed by atoms with Crippen molar-refractivity contribution in [2.75, 3.05) is 5.75 Å². The predicted octanol–water partition coefficient (Wildman–Crippen LogP) is 1.91. The summed E-state index contributed by atoms with van der Waals surface area (Å²) in [5.41, 5.74) is 2.44. The maximum Gasteiger partial charge on any atom is 0.177 e. The molecule has 5 nitrogen and oxygen atoms in total. The van der Waals surface area contributed by atoms with E-state index < -0.39 is 15.1 Å². The quantitative estimate of drug-likeness (QED) is 0.854. The molecule has 0 saturated carbocycles. The average molecular weight is 265 g/mol. The maximum atomic E-state index is 12.0. The summed E-state index contributed by atoms with van der Waals surface area (Å²) in [7, 11) is -3.06. The Morgan fingerprint density at radius 2 is 2.22 bits per heavy atom. The van der Waals surface area contributed by atoms with Crippen LogP contribution in [0.5, 0.6) is 0 Å². The van der Waals surface area contributed by atoms with E-state index in [1.54, 1.807) is 6.20 Å².